The fraction of sp³-hybridized carbons (Fsp3) is 0.370. The average molecular weight is 541 g/mol. The minimum absolute atomic E-state index is 0.0438. The van der Waals surface area contributed by atoms with E-state index in [0.717, 1.165) is 24.0 Å². The Labute approximate surface area is 222 Å². The fourth-order valence-corrected chi connectivity index (χ4v) is 5.54. The number of benzene rings is 2. The van der Waals surface area contributed by atoms with Crippen molar-refractivity contribution in [3.63, 3.8) is 0 Å². The van der Waals surface area contributed by atoms with Gasteiger partial charge in [-0.3, -0.25) is 4.79 Å². The van der Waals surface area contributed by atoms with Gasteiger partial charge in [-0.25, -0.2) is 17.9 Å². The Morgan fingerprint density at radius 2 is 1.76 bits per heavy atom. The molecule has 202 valence electrons. The molecule has 3 N–H and O–H groups in total. The smallest absolute Gasteiger partial charge is 0.356 e. The van der Waals surface area contributed by atoms with Gasteiger partial charge in [0.2, 0.25) is 21.8 Å². The molecule has 0 spiro atoms. The number of aromatic carboxylic acids is 1. The molecular formula is C27H32N4O6S. The number of carboxylic acid groups (broad SMARTS) is 1. The van der Waals surface area contributed by atoms with E-state index in [9.17, 15) is 23.1 Å². The van der Waals surface area contributed by atoms with Gasteiger partial charge in [0.1, 0.15) is 10.6 Å². The molecule has 1 amide bonds. The van der Waals surface area contributed by atoms with E-state index in [0.29, 0.717) is 11.4 Å². The minimum atomic E-state index is -4.12. The Balaban J connectivity index is 1.86. The molecule has 4 rings (SSSR count). The number of amides is 1. The second-order valence-corrected chi connectivity index (χ2v) is 12.2. The van der Waals surface area contributed by atoms with Gasteiger partial charge < -0.3 is 15.2 Å². The molecule has 1 fully saturated rings. The zero-order valence-electron chi connectivity index (χ0n) is 22.2. The first-order chi connectivity index (χ1) is 17.7. The monoisotopic (exact) mass is 540 g/mol. The molecule has 10 nitrogen and oxygen atoms in total. The normalized spacial score (nSPS) is 13.8. The van der Waals surface area contributed by atoms with Crippen molar-refractivity contribution in [2.24, 2.45) is 5.92 Å². The summed E-state index contributed by atoms with van der Waals surface area (Å²) >= 11 is 0. The van der Waals surface area contributed by atoms with Gasteiger partial charge in [-0.1, -0.05) is 12.1 Å². The van der Waals surface area contributed by atoms with Crippen molar-refractivity contribution in [2.45, 2.75) is 64.8 Å². The maximum Gasteiger partial charge on any atom is 0.356 e. The molecule has 1 aliphatic carbocycles. The highest BCUT2D eigenvalue weighted by molar-refractivity contribution is 7.89. The van der Waals surface area contributed by atoms with Crippen LogP contribution in [0.3, 0.4) is 0 Å². The van der Waals surface area contributed by atoms with Gasteiger partial charge in [-0.05, 0) is 89.8 Å². The number of nitrogens with zero attached hydrogens (tertiary/aromatic N) is 2. The number of aryl methyl sites for hydroxylation is 1. The standard InChI is InChI=1S/C27H32N4O6S/c1-15-8-7-9-20(16(15)2)31-25(17(3)23(29-31)26(33)34)37-21-13-12-19(28-24(32)18-10-11-18)14-22(21)38(35,36)30-27(4,5)6/h7-9,12-14,18,30H,10-11H2,1-6H3,(H,28,32)(H,33,34). The van der Waals surface area contributed by atoms with Crippen LogP contribution in [0.1, 0.15) is 60.8 Å². The number of hydrogen-bond acceptors (Lipinski definition) is 6. The predicted molar refractivity (Wildman–Crippen MR) is 143 cm³/mol. The molecule has 1 saturated carbocycles. The lowest BCUT2D eigenvalue weighted by Gasteiger charge is -2.22. The number of carbonyl (C=O) groups excluding carboxylic acids is 1. The molecule has 1 aromatic heterocycles. The predicted octanol–water partition coefficient (Wildman–Crippen LogP) is 4.71. The molecule has 2 aromatic carbocycles. The van der Waals surface area contributed by atoms with Crippen molar-refractivity contribution >= 4 is 27.6 Å². The number of rotatable bonds is 8. The van der Waals surface area contributed by atoms with Crippen LogP contribution in [0.4, 0.5) is 5.69 Å². The largest absolute Gasteiger partial charge is 0.476 e. The zero-order valence-corrected chi connectivity index (χ0v) is 23.1. The highest BCUT2D eigenvalue weighted by atomic mass is 32.2. The highest BCUT2D eigenvalue weighted by Crippen LogP contribution is 2.37. The van der Waals surface area contributed by atoms with Crippen LogP contribution in [0.2, 0.25) is 0 Å². The number of carboxylic acids is 1. The maximum atomic E-state index is 13.5. The van der Waals surface area contributed by atoms with Crippen molar-refractivity contribution in [2.75, 3.05) is 5.32 Å². The topological polar surface area (TPSA) is 140 Å². The Morgan fingerprint density at radius 3 is 2.37 bits per heavy atom. The molecule has 1 heterocycles. The Hall–Kier alpha value is -3.70. The number of sulfonamides is 1. The Kier molecular flexibility index (Phi) is 7.11. The summed E-state index contributed by atoms with van der Waals surface area (Å²) in [6.45, 7) is 10.5. The molecule has 38 heavy (non-hydrogen) atoms. The molecule has 0 atom stereocenters. The van der Waals surface area contributed by atoms with E-state index in [1.54, 1.807) is 39.8 Å². The summed E-state index contributed by atoms with van der Waals surface area (Å²) in [7, 11) is -4.12. The van der Waals surface area contributed by atoms with Gasteiger partial charge in [0.15, 0.2) is 5.69 Å². The van der Waals surface area contributed by atoms with Gasteiger partial charge in [-0.15, -0.1) is 0 Å². The number of hydrogen-bond donors (Lipinski definition) is 3. The van der Waals surface area contributed by atoms with E-state index >= 15 is 0 Å². The molecule has 0 aliphatic heterocycles. The second-order valence-electron chi connectivity index (χ2n) is 10.6. The van der Waals surface area contributed by atoms with E-state index < -0.39 is 21.5 Å². The minimum Gasteiger partial charge on any atom is -0.476 e. The highest BCUT2D eigenvalue weighted by Gasteiger charge is 2.32. The van der Waals surface area contributed by atoms with Crippen LogP contribution in [0.15, 0.2) is 41.3 Å². The van der Waals surface area contributed by atoms with Crippen LogP contribution in [-0.2, 0) is 14.8 Å². The summed E-state index contributed by atoms with van der Waals surface area (Å²) in [5, 5.41) is 16.8. The van der Waals surface area contributed by atoms with Crippen LogP contribution in [0.5, 0.6) is 11.6 Å². The maximum absolute atomic E-state index is 13.5. The lowest BCUT2D eigenvalue weighted by Crippen LogP contribution is -2.40. The van der Waals surface area contributed by atoms with Gasteiger partial charge in [0.05, 0.1) is 5.69 Å². The molecule has 11 heteroatoms. The van der Waals surface area contributed by atoms with Crippen LogP contribution in [-0.4, -0.2) is 40.7 Å². The molecule has 0 bridgehead atoms. The number of ether oxygens (including phenoxy) is 1. The first kappa shape index (κ1) is 27.3. The summed E-state index contributed by atoms with van der Waals surface area (Å²) in [4.78, 5) is 24.1. The lowest BCUT2D eigenvalue weighted by atomic mass is 10.1. The number of nitrogens with one attached hydrogen (secondary N) is 2. The summed E-state index contributed by atoms with van der Waals surface area (Å²) in [6.07, 6.45) is 1.61. The molecule has 1 aliphatic rings. The van der Waals surface area contributed by atoms with Gasteiger partial charge in [-0.2, -0.15) is 9.78 Å². The molecular weight excluding hydrogens is 508 g/mol. The van der Waals surface area contributed by atoms with Crippen LogP contribution in [0, 0.1) is 26.7 Å². The first-order valence-corrected chi connectivity index (χ1v) is 13.7. The quantitative estimate of drug-likeness (QED) is 0.376. The summed E-state index contributed by atoms with van der Waals surface area (Å²) in [5.74, 6) is -1.45. The third-order valence-corrected chi connectivity index (χ3v) is 7.95. The summed E-state index contributed by atoms with van der Waals surface area (Å²) < 4.78 is 37.1. The molecule has 3 aromatic rings. The van der Waals surface area contributed by atoms with E-state index in [1.807, 2.05) is 26.0 Å². The van der Waals surface area contributed by atoms with Gasteiger partial charge >= 0.3 is 5.97 Å². The number of carbonyl (C=O) groups is 2. The second kappa shape index (κ2) is 9.88. The van der Waals surface area contributed by atoms with Crippen LogP contribution >= 0.6 is 0 Å². The van der Waals surface area contributed by atoms with Crippen LogP contribution in [0.25, 0.3) is 5.69 Å². The van der Waals surface area contributed by atoms with Crippen LogP contribution < -0.4 is 14.8 Å². The summed E-state index contributed by atoms with van der Waals surface area (Å²) in [6, 6.07) is 9.86. The van der Waals surface area contributed by atoms with Gasteiger partial charge in [0.25, 0.3) is 0 Å². The van der Waals surface area contributed by atoms with Crippen molar-refractivity contribution in [3.8, 4) is 17.3 Å². The van der Waals surface area contributed by atoms with E-state index in [-0.39, 0.29) is 39.6 Å². The van der Waals surface area contributed by atoms with Crippen molar-refractivity contribution < 1.29 is 27.9 Å². The molecule has 0 unspecified atom stereocenters. The average Bonchev–Trinajstić information content (AvgIpc) is 3.60. The Morgan fingerprint density at radius 1 is 1.08 bits per heavy atom. The van der Waals surface area contributed by atoms with Gasteiger partial charge in [0, 0.05) is 22.7 Å². The third-order valence-electron chi connectivity index (χ3n) is 6.17. The molecule has 0 saturated heterocycles. The first-order valence-electron chi connectivity index (χ1n) is 12.2. The number of aromatic nitrogens is 2. The van der Waals surface area contributed by atoms with E-state index in [4.69, 9.17) is 4.74 Å². The van der Waals surface area contributed by atoms with E-state index in [2.05, 4.69) is 15.1 Å². The fourth-order valence-electron chi connectivity index (χ4n) is 3.96. The third kappa shape index (κ3) is 5.73. The summed E-state index contributed by atoms with van der Waals surface area (Å²) in [5.41, 5.74) is 1.96. The van der Waals surface area contributed by atoms with E-state index in [1.165, 1.54) is 16.8 Å². The molecule has 0 radical (unpaired) electrons. The SMILES string of the molecule is Cc1cccc(-n2nc(C(=O)O)c(C)c2Oc2ccc(NC(=O)C3CC3)cc2S(=O)(=O)NC(C)(C)C)c1C. The zero-order chi connectivity index (χ0) is 28.0. The van der Waals surface area contributed by atoms with Crippen molar-refractivity contribution in [1.29, 1.82) is 0 Å². The van der Waals surface area contributed by atoms with Crippen molar-refractivity contribution in [3.05, 3.63) is 58.8 Å². The lowest BCUT2D eigenvalue weighted by molar-refractivity contribution is -0.117. The number of anilines is 1. The van der Waals surface area contributed by atoms with Crippen molar-refractivity contribution in [1.82, 2.24) is 14.5 Å². The Bertz CT molecular complexity index is 1530.